The van der Waals surface area contributed by atoms with Gasteiger partial charge in [0, 0.05) is 39.4 Å². The zero-order valence-corrected chi connectivity index (χ0v) is 14.3. The summed E-state index contributed by atoms with van der Waals surface area (Å²) in [6.45, 7) is 9.47. The van der Waals surface area contributed by atoms with Gasteiger partial charge in [0.2, 0.25) is 10.0 Å². The Kier molecular flexibility index (Phi) is 12.3. The Labute approximate surface area is 129 Å². The number of rotatable bonds is 12. The van der Waals surface area contributed by atoms with E-state index in [-0.39, 0.29) is 5.75 Å². The lowest BCUT2D eigenvalue weighted by atomic mass is 10.3. The molecular weight excluding hydrogens is 292 g/mol. The van der Waals surface area contributed by atoms with E-state index in [9.17, 15) is 8.42 Å². The highest BCUT2D eigenvalue weighted by molar-refractivity contribution is 7.89. The minimum Gasteiger partial charge on any atom is -0.382 e. The molecule has 0 aromatic rings. The first-order valence-corrected chi connectivity index (χ1v) is 9.28. The topological polar surface area (TPSA) is 91.8 Å². The normalized spacial score (nSPS) is 12.4. The molecule has 0 rings (SSSR count). The highest BCUT2D eigenvalue weighted by atomic mass is 32.2. The molecule has 0 aromatic heterocycles. The molecule has 0 saturated carbocycles. The molecule has 0 bridgehead atoms. The first-order chi connectivity index (χ1) is 10.1. The zero-order chi connectivity index (χ0) is 16.0. The van der Waals surface area contributed by atoms with Crippen LogP contribution in [0.25, 0.3) is 0 Å². The third-order valence-electron chi connectivity index (χ3n) is 2.63. The largest absolute Gasteiger partial charge is 0.382 e. The van der Waals surface area contributed by atoms with Crippen LogP contribution in [0.3, 0.4) is 0 Å². The van der Waals surface area contributed by atoms with Crippen molar-refractivity contribution in [3.63, 3.8) is 0 Å². The number of aliphatic imine (C=N–C) groups is 1. The molecule has 0 radical (unpaired) electrons. The molecule has 8 heteroatoms. The third-order valence-corrected chi connectivity index (χ3v) is 4.04. The molecule has 0 heterocycles. The summed E-state index contributed by atoms with van der Waals surface area (Å²) in [6, 6.07) is 0. The monoisotopic (exact) mass is 322 g/mol. The Bertz CT molecular complexity index is 372. The summed E-state index contributed by atoms with van der Waals surface area (Å²) < 4.78 is 30.3. The number of sulfonamides is 1. The van der Waals surface area contributed by atoms with Crippen LogP contribution in [0.5, 0.6) is 0 Å². The van der Waals surface area contributed by atoms with Gasteiger partial charge in [0.15, 0.2) is 5.96 Å². The molecule has 0 fully saturated rings. The standard InChI is InChI=1S/C13H30N4O3S/c1-4-14-13(15-9-7-8-12-20-5-2)16-10-11-17-21(18,19)6-3/h17H,4-12H2,1-3H3,(H2,14,15,16). The van der Waals surface area contributed by atoms with Gasteiger partial charge in [-0.1, -0.05) is 0 Å². The zero-order valence-electron chi connectivity index (χ0n) is 13.4. The van der Waals surface area contributed by atoms with E-state index in [1.165, 1.54) is 0 Å². The Hall–Kier alpha value is -0.860. The quantitative estimate of drug-likeness (QED) is 0.273. The van der Waals surface area contributed by atoms with Crippen molar-refractivity contribution in [1.82, 2.24) is 15.4 Å². The summed E-state index contributed by atoms with van der Waals surface area (Å²) in [6.07, 6.45) is 1.96. The van der Waals surface area contributed by atoms with Gasteiger partial charge in [-0.3, -0.25) is 4.99 Å². The van der Waals surface area contributed by atoms with Crippen molar-refractivity contribution >= 4 is 16.0 Å². The second-order valence-corrected chi connectivity index (χ2v) is 6.48. The Morgan fingerprint density at radius 3 is 2.48 bits per heavy atom. The van der Waals surface area contributed by atoms with Crippen molar-refractivity contribution in [2.45, 2.75) is 33.6 Å². The smallest absolute Gasteiger partial charge is 0.211 e. The fraction of sp³-hybridized carbons (Fsp3) is 0.923. The summed E-state index contributed by atoms with van der Waals surface area (Å²) in [5.41, 5.74) is 0. The van der Waals surface area contributed by atoms with Gasteiger partial charge in [0.05, 0.1) is 5.75 Å². The fourth-order valence-electron chi connectivity index (χ4n) is 1.48. The third kappa shape index (κ3) is 12.6. The lowest BCUT2D eigenvalue weighted by Crippen LogP contribution is -2.41. The van der Waals surface area contributed by atoms with Crippen LogP contribution in [0.4, 0.5) is 0 Å². The van der Waals surface area contributed by atoms with Crippen molar-refractivity contribution in [2.24, 2.45) is 4.99 Å². The predicted molar refractivity (Wildman–Crippen MR) is 87.2 cm³/mol. The van der Waals surface area contributed by atoms with Crippen LogP contribution in [0.2, 0.25) is 0 Å². The number of ether oxygens (including phenoxy) is 1. The van der Waals surface area contributed by atoms with E-state index in [1.807, 2.05) is 13.8 Å². The second kappa shape index (κ2) is 12.8. The van der Waals surface area contributed by atoms with Gasteiger partial charge in [0.25, 0.3) is 0 Å². The highest BCUT2D eigenvalue weighted by Gasteiger charge is 2.04. The summed E-state index contributed by atoms with van der Waals surface area (Å²) in [7, 11) is -3.12. The molecule has 0 spiro atoms. The van der Waals surface area contributed by atoms with Crippen LogP contribution in [0.15, 0.2) is 4.99 Å². The summed E-state index contributed by atoms with van der Waals surface area (Å²) in [5.74, 6) is 0.811. The lowest BCUT2D eigenvalue weighted by Gasteiger charge is -2.11. The van der Waals surface area contributed by atoms with Gasteiger partial charge in [-0.25, -0.2) is 13.1 Å². The molecule has 0 amide bonds. The minimum atomic E-state index is -3.12. The van der Waals surface area contributed by atoms with Crippen LogP contribution in [0, 0.1) is 0 Å². The van der Waals surface area contributed by atoms with Crippen LogP contribution in [-0.4, -0.2) is 59.5 Å². The van der Waals surface area contributed by atoms with Crippen molar-refractivity contribution in [3.8, 4) is 0 Å². The summed E-state index contributed by atoms with van der Waals surface area (Å²) >= 11 is 0. The molecule has 0 aromatic carbocycles. The highest BCUT2D eigenvalue weighted by Crippen LogP contribution is 1.91. The van der Waals surface area contributed by atoms with E-state index in [4.69, 9.17) is 4.74 Å². The second-order valence-electron chi connectivity index (χ2n) is 4.39. The molecule has 0 aliphatic heterocycles. The average molecular weight is 322 g/mol. The van der Waals surface area contributed by atoms with Crippen LogP contribution < -0.4 is 15.4 Å². The van der Waals surface area contributed by atoms with E-state index >= 15 is 0 Å². The molecule has 0 aliphatic carbocycles. The fourth-order valence-corrected chi connectivity index (χ4v) is 2.10. The van der Waals surface area contributed by atoms with E-state index in [2.05, 4.69) is 20.3 Å². The minimum absolute atomic E-state index is 0.0982. The maximum Gasteiger partial charge on any atom is 0.211 e. The van der Waals surface area contributed by atoms with E-state index in [1.54, 1.807) is 6.92 Å². The van der Waals surface area contributed by atoms with Gasteiger partial charge in [-0.15, -0.1) is 0 Å². The van der Waals surface area contributed by atoms with E-state index in [0.29, 0.717) is 19.0 Å². The first-order valence-electron chi connectivity index (χ1n) is 7.63. The predicted octanol–water partition coefficient (Wildman–Crippen LogP) is 0.298. The van der Waals surface area contributed by atoms with Gasteiger partial charge < -0.3 is 15.4 Å². The number of nitrogens with zero attached hydrogens (tertiary/aromatic N) is 1. The van der Waals surface area contributed by atoms with Crippen LogP contribution >= 0.6 is 0 Å². The van der Waals surface area contributed by atoms with Crippen LogP contribution in [-0.2, 0) is 14.8 Å². The molecule has 0 atom stereocenters. The molecule has 0 saturated heterocycles. The molecule has 126 valence electrons. The Balaban J connectivity index is 3.89. The number of nitrogens with one attached hydrogen (secondary N) is 3. The molecule has 0 aliphatic rings. The van der Waals surface area contributed by atoms with Gasteiger partial charge in [-0.2, -0.15) is 0 Å². The van der Waals surface area contributed by atoms with Gasteiger partial charge in [0.1, 0.15) is 0 Å². The van der Waals surface area contributed by atoms with Crippen molar-refractivity contribution in [3.05, 3.63) is 0 Å². The van der Waals surface area contributed by atoms with Gasteiger partial charge >= 0.3 is 0 Å². The number of unbranched alkanes of at least 4 members (excludes halogenated alkanes) is 1. The number of guanidine groups is 1. The first kappa shape index (κ1) is 20.1. The van der Waals surface area contributed by atoms with E-state index in [0.717, 1.165) is 39.1 Å². The molecule has 0 unspecified atom stereocenters. The number of hydrogen-bond donors (Lipinski definition) is 3. The maximum atomic E-state index is 11.3. The maximum absolute atomic E-state index is 11.3. The van der Waals surface area contributed by atoms with Gasteiger partial charge in [-0.05, 0) is 33.6 Å². The van der Waals surface area contributed by atoms with Crippen molar-refractivity contribution in [1.29, 1.82) is 0 Å². The molecule has 7 nitrogen and oxygen atoms in total. The van der Waals surface area contributed by atoms with Crippen LogP contribution in [0.1, 0.15) is 33.6 Å². The molecule has 21 heavy (non-hydrogen) atoms. The van der Waals surface area contributed by atoms with Crippen molar-refractivity contribution in [2.75, 3.05) is 45.1 Å². The summed E-state index contributed by atoms with van der Waals surface area (Å²) in [4.78, 5) is 4.43. The molecular formula is C13H30N4O3S. The number of hydrogen-bond acceptors (Lipinski definition) is 4. The Morgan fingerprint density at radius 2 is 1.86 bits per heavy atom. The summed E-state index contributed by atoms with van der Waals surface area (Å²) in [5, 5.41) is 6.23. The Morgan fingerprint density at radius 1 is 1.10 bits per heavy atom. The molecule has 3 N–H and O–H groups in total. The SMILES string of the molecule is CCNC(=NCCCCOCC)NCCNS(=O)(=O)CC. The lowest BCUT2D eigenvalue weighted by molar-refractivity contribution is 0.144. The van der Waals surface area contributed by atoms with Crippen molar-refractivity contribution < 1.29 is 13.2 Å². The average Bonchev–Trinajstić information content (AvgIpc) is 2.47. The van der Waals surface area contributed by atoms with E-state index < -0.39 is 10.0 Å².